The summed E-state index contributed by atoms with van der Waals surface area (Å²) in [5, 5.41) is 0. The molecule has 0 bridgehead atoms. The fourth-order valence-electron chi connectivity index (χ4n) is 5.54. The lowest BCUT2D eigenvalue weighted by atomic mass is 9.58. The maximum atomic E-state index is 4.80. The van der Waals surface area contributed by atoms with Crippen molar-refractivity contribution in [3.05, 3.63) is 167 Å². The maximum Gasteiger partial charge on any atom is 0.217 e. The third-order valence-corrected chi connectivity index (χ3v) is 9.41. The molecule has 0 saturated heterocycles. The van der Waals surface area contributed by atoms with Crippen LogP contribution in [0.25, 0.3) is 0 Å². The van der Waals surface area contributed by atoms with E-state index in [2.05, 4.69) is 145 Å². The summed E-state index contributed by atoms with van der Waals surface area (Å²) in [7, 11) is 0.515. The van der Waals surface area contributed by atoms with Crippen LogP contribution in [-0.2, 0) is 6.17 Å². The predicted molar refractivity (Wildman–Crippen MR) is 170 cm³/mol. The highest BCUT2D eigenvalue weighted by molar-refractivity contribution is 6.54. The largest absolute Gasteiger partial charge is 0.346 e. The minimum atomic E-state index is -0.396. The molecule has 0 saturated carbocycles. The van der Waals surface area contributed by atoms with E-state index in [1.807, 2.05) is 6.20 Å². The topological polar surface area (TPSA) is 17.8 Å². The molecule has 1 heterocycles. The number of benzene rings is 4. The van der Waals surface area contributed by atoms with Crippen LogP contribution in [0.3, 0.4) is 0 Å². The van der Waals surface area contributed by atoms with Gasteiger partial charge in [0, 0.05) is 24.5 Å². The van der Waals surface area contributed by atoms with Gasteiger partial charge in [0.1, 0.15) is 0 Å². The Morgan fingerprint density at radius 1 is 0.744 bits per heavy atom. The van der Waals surface area contributed by atoms with Crippen molar-refractivity contribution in [2.24, 2.45) is 0 Å². The third kappa shape index (κ3) is 7.36. The van der Waals surface area contributed by atoms with Gasteiger partial charge >= 0.3 is 0 Å². The zero-order valence-electron chi connectivity index (χ0n) is 22.9. The van der Waals surface area contributed by atoms with Gasteiger partial charge in [-0.25, -0.2) is 0 Å². The number of hydrogen-bond donors (Lipinski definition) is 0. The number of allylic oxidation sites excluding steroid dienone is 1. The molecule has 0 spiro atoms. The van der Waals surface area contributed by atoms with E-state index in [1.54, 1.807) is 0 Å². The van der Waals surface area contributed by atoms with Crippen molar-refractivity contribution in [3.8, 4) is 0 Å². The van der Waals surface area contributed by atoms with Crippen LogP contribution in [0.1, 0.15) is 53.8 Å². The average molecular weight is 525 g/mol. The predicted octanol–water partition coefficient (Wildman–Crippen LogP) is 6.38. The second-order valence-corrected chi connectivity index (χ2v) is 11.8. The van der Waals surface area contributed by atoms with Gasteiger partial charge in [0.05, 0.1) is 15.2 Å². The molecule has 0 N–H and O–H groups in total. The number of rotatable bonds is 12. The second kappa shape index (κ2) is 13.8. The standard InChI is InChI=1S/C35H37BN2Si/c1-28(22-23-33(29-14-6-2-7-15-29)30-16-8-3-9-17-30)26-39-27-38-25-24-37-35(38)36-34(31-18-10-4-11-19-31)32-20-12-5-13-21-32/h2-21,24-26,33-34,36H,22-23,27,39H2,1H3. The number of aromatic nitrogens is 2. The van der Waals surface area contributed by atoms with Crippen molar-refractivity contribution in [3.63, 3.8) is 0 Å². The van der Waals surface area contributed by atoms with Crippen LogP contribution in [0.5, 0.6) is 0 Å². The molecule has 0 fully saturated rings. The molecule has 4 aromatic carbocycles. The highest BCUT2D eigenvalue weighted by Crippen LogP contribution is 2.30. The Labute approximate surface area is 236 Å². The van der Waals surface area contributed by atoms with Gasteiger partial charge in [-0.1, -0.05) is 127 Å². The molecule has 5 aromatic rings. The van der Waals surface area contributed by atoms with Gasteiger partial charge < -0.3 is 4.57 Å². The lowest BCUT2D eigenvalue weighted by molar-refractivity contribution is 0.711. The number of imidazole rings is 1. The summed E-state index contributed by atoms with van der Waals surface area (Å²) in [6.07, 6.45) is 7.49. The fraction of sp³-hybridized carbons (Fsp3) is 0.171. The van der Waals surface area contributed by atoms with Crippen molar-refractivity contribution in [1.82, 2.24) is 9.55 Å². The van der Waals surface area contributed by atoms with Gasteiger partial charge in [0.2, 0.25) is 7.28 Å². The number of nitrogens with zero attached hydrogens (tertiary/aromatic N) is 2. The zero-order chi connectivity index (χ0) is 26.7. The minimum Gasteiger partial charge on any atom is -0.346 e. The minimum absolute atomic E-state index is 0.306. The van der Waals surface area contributed by atoms with Crippen LogP contribution in [-0.4, -0.2) is 26.4 Å². The zero-order valence-corrected chi connectivity index (χ0v) is 24.3. The van der Waals surface area contributed by atoms with Gasteiger partial charge in [0.15, 0.2) is 0 Å². The highest BCUT2D eigenvalue weighted by atomic mass is 28.2. The van der Waals surface area contributed by atoms with Crippen molar-refractivity contribution in [2.75, 3.05) is 0 Å². The Morgan fingerprint density at radius 2 is 1.23 bits per heavy atom. The quantitative estimate of drug-likeness (QED) is 0.173. The Morgan fingerprint density at radius 3 is 1.74 bits per heavy atom. The molecule has 0 atom stereocenters. The van der Waals surface area contributed by atoms with Crippen LogP contribution in [0.4, 0.5) is 0 Å². The molecular formula is C35H37BN2Si. The summed E-state index contributed by atoms with van der Waals surface area (Å²) in [6, 6.07) is 43.6. The third-order valence-electron chi connectivity index (χ3n) is 7.69. The molecular weight excluding hydrogens is 487 g/mol. The van der Waals surface area contributed by atoms with E-state index < -0.39 is 9.52 Å². The lowest BCUT2D eigenvalue weighted by Gasteiger charge is -2.18. The van der Waals surface area contributed by atoms with E-state index in [0.29, 0.717) is 11.7 Å². The normalized spacial score (nSPS) is 12.0. The van der Waals surface area contributed by atoms with E-state index >= 15 is 0 Å². The van der Waals surface area contributed by atoms with Crippen LogP contribution in [0, 0.1) is 0 Å². The first kappa shape index (κ1) is 26.7. The molecule has 0 amide bonds. The SMILES string of the molecule is CC(=C[SiH2]Cn1ccnc1BC(c1ccccc1)c1ccccc1)CCC(c1ccccc1)c1ccccc1. The highest BCUT2D eigenvalue weighted by Gasteiger charge is 2.19. The molecule has 0 radical (unpaired) electrons. The van der Waals surface area contributed by atoms with Crippen LogP contribution < -0.4 is 5.72 Å². The second-order valence-electron chi connectivity index (χ2n) is 10.4. The van der Waals surface area contributed by atoms with E-state index in [0.717, 1.165) is 26.3 Å². The van der Waals surface area contributed by atoms with Crippen molar-refractivity contribution < 1.29 is 0 Å². The Balaban J connectivity index is 1.23. The first-order valence-electron chi connectivity index (χ1n) is 14.1. The fourth-order valence-corrected chi connectivity index (χ4v) is 7.05. The van der Waals surface area contributed by atoms with Crippen molar-refractivity contribution in [2.45, 2.75) is 37.7 Å². The molecule has 5 rings (SSSR count). The molecule has 0 aliphatic rings. The first-order valence-corrected chi connectivity index (χ1v) is 15.9. The molecule has 0 aliphatic heterocycles. The average Bonchev–Trinajstić information content (AvgIpc) is 3.45. The van der Waals surface area contributed by atoms with Crippen LogP contribution in [0.2, 0.25) is 0 Å². The summed E-state index contributed by atoms with van der Waals surface area (Å²) >= 11 is 0. The van der Waals surface area contributed by atoms with Gasteiger partial charge in [-0.2, -0.15) is 0 Å². The molecule has 194 valence electrons. The van der Waals surface area contributed by atoms with Crippen LogP contribution in [0.15, 0.2) is 145 Å². The lowest BCUT2D eigenvalue weighted by Crippen LogP contribution is -2.32. The Bertz CT molecular complexity index is 1350. The summed E-state index contributed by atoms with van der Waals surface area (Å²) in [4.78, 5) is 4.80. The molecule has 1 aromatic heterocycles. The number of hydrogen-bond acceptors (Lipinski definition) is 1. The van der Waals surface area contributed by atoms with E-state index in [1.165, 1.54) is 33.6 Å². The maximum absolute atomic E-state index is 4.80. The van der Waals surface area contributed by atoms with E-state index in [4.69, 9.17) is 4.98 Å². The monoisotopic (exact) mass is 524 g/mol. The smallest absolute Gasteiger partial charge is 0.217 e. The van der Waals surface area contributed by atoms with Gasteiger partial charge in [-0.15, -0.1) is 5.70 Å². The molecule has 39 heavy (non-hydrogen) atoms. The van der Waals surface area contributed by atoms with Gasteiger partial charge in [0.25, 0.3) is 0 Å². The molecule has 0 unspecified atom stereocenters. The van der Waals surface area contributed by atoms with Crippen molar-refractivity contribution >= 4 is 22.5 Å². The summed E-state index contributed by atoms with van der Waals surface area (Å²) in [5.74, 6) is 0.742. The van der Waals surface area contributed by atoms with Crippen LogP contribution >= 0.6 is 0 Å². The van der Waals surface area contributed by atoms with E-state index in [-0.39, 0.29) is 0 Å². The molecule has 0 aliphatic carbocycles. The summed E-state index contributed by atoms with van der Waals surface area (Å²) in [6.45, 7) is 2.32. The molecule has 4 heteroatoms. The Kier molecular flexibility index (Phi) is 9.43. The van der Waals surface area contributed by atoms with Gasteiger partial charge in [-0.05, 0) is 47.8 Å². The summed E-state index contributed by atoms with van der Waals surface area (Å²) < 4.78 is 2.39. The first-order chi connectivity index (χ1) is 19.3. The Hall–Kier alpha value is -3.89. The summed E-state index contributed by atoms with van der Waals surface area (Å²) in [5.41, 5.74) is 10.8. The van der Waals surface area contributed by atoms with Crippen molar-refractivity contribution in [1.29, 1.82) is 0 Å². The molecule has 2 nitrogen and oxygen atoms in total. The van der Waals surface area contributed by atoms with Gasteiger partial charge in [-0.3, -0.25) is 4.98 Å². The van der Waals surface area contributed by atoms with E-state index in [9.17, 15) is 0 Å².